The maximum atomic E-state index is 8.15. The largest absolute Gasteiger partial charge is 0.399 e. The Hall–Kier alpha value is -2.21. The maximum Gasteiger partial charge on any atom is 0.117 e. The second kappa shape index (κ2) is 5.44. The van der Waals surface area contributed by atoms with E-state index in [1.807, 2.05) is 36.4 Å². The van der Waals surface area contributed by atoms with Gasteiger partial charge in [-0.1, -0.05) is 18.2 Å². The van der Waals surface area contributed by atoms with Crippen LogP contribution in [0.3, 0.4) is 0 Å². The highest BCUT2D eigenvalue weighted by Gasteiger charge is 1.80. The van der Waals surface area contributed by atoms with Gasteiger partial charge in [-0.25, -0.2) is 0 Å². The number of benzene rings is 1. The van der Waals surface area contributed by atoms with E-state index in [0.29, 0.717) is 5.69 Å². The molecule has 0 amide bonds. The standard InChI is InChI=1S/C6H7N.C5H4N2/c7-6-4-2-1-3-5-6;6-4-5-2-1-3-7-5/h1-5H,7H2;1-3,7H. The lowest BCUT2D eigenvalue weighted by Crippen LogP contribution is -1.79. The van der Waals surface area contributed by atoms with Gasteiger partial charge in [-0.2, -0.15) is 5.26 Å². The SMILES string of the molecule is N#Cc1ccc[nH]1.Nc1ccccc1. The normalized spacial score (nSPS) is 8.21. The molecule has 0 radical (unpaired) electrons. The number of hydrogen-bond acceptors (Lipinski definition) is 2. The minimum absolute atomic E-state index is 0.611. The highest BCUT2D eigenvalue weighted by molar-refractivity contribution is 5.35. The summed E-state index contributed by atoms with van der Waals surface area (Å²) >= 11 is 0. The number of hydrogen-bond donors (Lipinski definition) is 2. The Morgan fingerprint density at radius 2 is 1.79 bits per heavy atom. The van der Waals surface area contributed by atoms with Gasteiger partial charge in [0.25, 0.3) is 0 Å². The molecule has 0 fully saturated rings. The summed E-state index contributed by atoms with van der Waals surface area (Å²) in [5, 5.41) is 8.15. The molecule has 2 aromatic rings. The molecule has 14 heavy (non-hydrogen) atoms. The van der Waals surface area contributed by atoms with Gasteiger partial charge in [0.05, 0.1) is 0 Å². The minimum atomic E-state index is 0.611. The Labute approximate surface area is 82.8 Å². The van der Waals surface area contributed by atoms with Crippen molar-refractivity contribution in [1.82, 2.24) is 4.98 Å². The summed E-state index contributed by atoms with van der Waals surface area (Å²) in [7, 11) is 0. The second-order valence-electron chi connectivity index (χ2n) is 2.61. The van der Waals surface area contributed by atoms with E-state index >= 15 is 0 Å². The molecule has 0 saturated heterocycles. The van der Waals surface area contributed by atoms with Crippen LogP contribution in [0.15, 0.2) is 48.7 Å². The van der Waals surface area contributed by atoms with Crippen molar-refractivity contribution in [3.05, 3.63) is 54.4 Å². The molecule has 0 atom stereocenters. The zero-order valence-electron chi connectivity index (χ0n) is 7.64. The average molecular weight is 185 g/mol. The van der Waals surface area contributed by atoms with Crippen LogP contribution < -0.4 is 5.73 Å². The third-order valence-corrected chi connectivity index (χ3v) is 1.52. The Morgan fingerprint density at radius 3 is 2.07 bits per heavy atom. The van der Waals surface area contributed by atoms with Crippen LogP contribution in [-0.4, -0.2) is 4.98 Å². The zero-order chi connectivity index (χ0) is 10.2. The Balaban J connectivity index is 0.000000140. The van der Waals surface area contributed by atoms with Gasteiger partial charge < -0.3 is 10.7 Å². The maximum absolute atomic E-state index is 8.15. The molecule has 0 aliphatic carbocycles. The van der Waals surface area contributed by atoms with Gasteiger partial charge in [0.2, 0.25) is 0 Å². The molecule has 0 bridgehead atoms. The van der Waals surface area contributed by atoms with Crippen LogP contribution in [0, 0.1) is 11.3 Å². The lowest BCUT2D eigenvalue weighted by molar-refractivity contribution is 1.33. The topological polar surface area (TPSA) is 65.6 Å². The molecule has 0 aliphatic heterocycles. The summed E-state index contributed by atoms with van der Waals surface area (Å²) in [6, 6.07) is 15.0. The smallest absolute Gasteiger partial charge is 0.117 e. The van der Waals surface area contributed by atoms with E-state index in [2.05, 4.69) is 4.98 Å². The zero-order valence-corrected chi connectivity index (χ0v) is 7.64. The fourth-order valence-corrected chi connectivity index (χ4v) is 0.853. The number of rotatable bonds is 0. The van der Waals surface area contributed by atoms with Crippen molar-refractivity contribution in [3.8, 4) is 6.07 Å². The predicted molar refractivity (Wildman–Crippen MR) is 56.4 cm³/mol. The number of nitriles is 1. The number of H-pyrrole nitrogens is 1. The third-order valence-electron chi connectivity index (χ3n) is 1.52. The van der Waals surface area contributed by atoms with E-state index in [-0.39, 0.29) is 0 Å². The van der Waals surface area contributed by atoms with Crippen molar-refractivity contribution < 1.29 is 0 Å². The molecule has 1 aromatic carbocycles. The van der Waals surface area contributed by atoms with E-state index in [1.54, 1.807) is 18.3 Å². The quantitative estimate of drug-likeness (QED) is 0.617. The molecule has 3 nitrogen and oxygen atoms in total. The lowest BCUT2D eigenvalue weighted by Gasteiger charge is -1.83. The van der Waals surface area contributed by atoms with Gasteiger partial charge in [0.1, 0.15) is 11.8 Å². The van der Waals surface area contributed by atoms with Crippen LogP contribution in [0.25, 0.3) is 0 Å². The summed E-state index contributed by atoms with van der Waals surface area (Å²) in [5.41, 5.74) is 6.79. The average Bonchev–Trinajstić information content (AvgIpc) is 2.72. The van der Waals surface area contributed by atoms with Gasteiger partial charge in [0, 0.05) is 11.9 Å². The highest BCUT2D eigenvalue weighted by Crippen LogP contribution is 1.95. The van der Waals surface area contributed by atoms with Gasteiger partial charge in [0.15, 0.2) is 0 Å². The molecule has 3 heteroatoms. The van der Waals surface area contributed by atoms with Crippen molar-refractivity contribution >= 4 is 5.69 Å². The van der Waals surface area contributed by atoms with Crippen LogP contribution in [0.4, 0.5) is 5.69 Å². The monoisotopic (exact) mass is 185 g/mol. The number of nitrogen functional groups attached to an aromatic ring is 1. The van der Waals surface area contributed by atoms with Crippen molar-refractivity contribution in [2.45, 2.75) is 0 Å². The summed E-state index contributed by atoms with van der Waals surface area (Å²) in [6.45, 7) is 0. The van der Waals surface area contributed by atoms with Crippen LogP contribution in [0.5, 0.6) is 0 Å². The summed E-state index contributed by atoms with van der Waals surface area (Å²) in [4.78, 5) is 2.73. The molecular formula is C11H11N3. The summed E-state index contributed by atoms with van der Waals surface area (Å²) in [5.74, 6) is 0. The summed E-state index contributed by atoms with van der Waals surface area (Å²) in [6.07, 6.45) is 1.72. The molecule has 3 N–H and O–H groups in total. The molecule has 0 aliphatic rings. The van der Waals surface area contributed by atoms with Crippen LogP contribution in [-0.2, 0) is 0 Å². The van der Waals surface area contributed by atoms with Crippen molar-refractivity contribution in [2.24, 2.45) is 0 Å². The third kappa shape index (κ3) is 3.46. The molecule has 0 unspecified atom stereocenters. The molecule has 0 saturated carbocycles. The van der Waals surface area contributed by atoms with Crippen molar-refractivity contribution in [1.29, 1.82) is 5.26 Å². The second-order valence-corrected chi connectivity index (χ2v) is 2.61. The Bertz CT molecular complexity index is 384. The van der Waals surface area contributed by atoms with E-state index in [0.717, 1.165) is 5.69 Å². The van der Waals surface area contributed by atoms with Gasteiger partial charge in [-0.15, -0.1) is 0 Å². The number of aromatic nitrogens is 1. The summed E-state index contributed by atoms with van der Waals surface area (Å²) < 4.78 is 0. The van der Waals surface area contributed by atoms with Gasteiger partial charge in [-0.3, -0.25) is 0 Å². The molecule has 2 rings (SSSR count). The number of nitrogens with one attached hydrogen (secondary N) is 1. The first-order valence-electron chi connectivity index (χ1n) is 4.17. The van der Waals surface area contributed by atoms with E-state index < -0.39 is 0 Å². The number of aromatic amines is 1. The first-order valence-corrected chi connectivity index (χ1v) is 4.17. The fourth-order valence-electron chi connectivity index (χ4n) is 0.853. The predicted octanol–water partition coefficient (Wildman–Crippen LogP) is 2.16. The first kappa shape index (κ1) is 9.87. The van der Waals surface area contributed by atoms with E-state index in [1.165, 1.54) is 0 Å². The molecule has 70 valence electrons. The number of para-hydroxylation sites is 1. The van der Waals surface area contributed by atoms with E-state index in [4.69, 9.17) is 11.0 Å². The molecule has 1 aromatic heterocycles. The number of nitrogens with zero attached hydrogens (tertiary/aromatic N) is 1. The van der Waals surface area contributed by atoms with E-state index in [9.17, 15) is 0 Å². The molecule has 1 heterocycles. The fraction of sp³-hybridized carbons (Fsp3) is 0. The minimum Gasteiger partial charge on any atom is -0.399 e. The number of nitrogens with two attached hydrogens (primary N) is 1. The number of anilines is 1. The van der Waals surface area contributed by atoms with Crippen LogP contribution >= 0.6 is 0 Å². The highest BCUT2D eigenvalue weighted by atomic mass is 14.7. The van der Waals surface area contributed by atoms with Gasteiger partial charge in [-0.05, 0) is 24.3 Å². The Morgan fingerprint density at radius 1 is 1.07 bits per heavy atom. The van der Waals surface area contributed by atoms with Crippen molar-refractivity contribution in [3.63, 3.8) is 0 Å². The first-order chi connectivity index (χ1) is 6.83. The Kier molecular flexibility index (Phi) is 3.84. The molecule has 0 spiro atoms. The lowest BCUT2D eigenvalue weighted by atomic mass is 10.3. The molecular weight excluding hydrogens is 174 g/mol. The van der Waals surface area contributed by atoms with Crippen LogP contribution in [0.1, 0.15) is 5.69 Å². The van der Waals surface area contributed by atoms with Crippen molar-refractivity contribution in [2.75, 3.05) is 5.73 Å². The van der Waals surface area contributed by atoms with Gasteiger partial charge >= 0.3 is 0 Å². The van der Waals surface area contributed by atoms with Crippen LogP contribution in [0.2, 0.25) is 0 Å².